The van der Waals surface area contributed by atoms with Crippen molar-refractivity contribution in [1.82, 2.24) is 4.90 Å². The van der Waals surface area contributed by atoms with Gasteiger partial charge in [-0.2, -0.15) is 0 Å². The van der Waals surface area contributed by atoms with Crippen molar-refractivity contribution in [3.63, 3.8) is 0 Å². The highest BCUT2D eigenvalue weighted by molar-refractivity contribution is 8.18. The molecule has 134 valence electrons. The molecule has 27 heavy (non-hydrogen) atoms. The largest absolute Gasteiger partial charge is 0.497 e. The van der Waals surface area contributed by atoms with Crippen LogP contribution in [0.2, 0.25) is 0 Å². The Balaban J connectivity index is 1.60. The highest BCUT2D eigenvalue weighted by Gasteiger charge is 2.35. The number of ether oxygens (including phenoxy) is 1. The number of carbonyl (C=O) groups excluding carboxylic acids is 2. The lowest BCUT2D eigenvalue weighted by molar-refractivity contribution is -0.123. The Hall–Kier alpha value is -3.05. The zero-order chi connectivity index (χ0) is 18.8. The predicted octanol–water partition coefficient (Wildman–Crippen LogP) is 5.08. The average molecular weight is 375 g/mol. The van der Waals surface area contributed by atoms with Gasteiger partial charge in [0, 0.05) is 0 Å². The fraction of sp³-hybridized carbons (Fsp3) is 0.0909. The number of carbonyl (C=O) groups is 2. The molecule has 0 aromatic heterocycles. The number of amides is 2. The molecule has 0 N–H and O–H groups in total. The number of hydrogen-bond acceptors (Lipinski definition) is 4. The number of hydrogen-bond donors (Lipinski definition) is 0. The van der Waals surface area contributed by atoms with E-state index in [1.807, 2.05) is 66.7 Å². The predicted molar refractivity (Wildman–Crippen MR) is 108 cm³/mol. The topological polar surface area (TPSA) is 46.6 Å². The van der Waals surface area contributed by atoms with Crippen LogP contribution in [-0.2, 0) is 11.3 Å². The van der Waals surface area contributed by atoms with Crippen LogP contribution in [0.4, 0.5) is 4.79 Å². The Labute approximate surface area is 161 Å². The van der Waals surface area contributed by atoms with Gasteiger partial charge in [-0.25, -0.2) is 0 Å². The highest BCUT2D eigenvalue weighted by atomic mass is 32.2. The standard InChI is InChI=1S/C22H17NO3S/c1-26-18-11-9-15(10-12-18)13-20-21(24)23(22(25)27-20)14-17-7-4-6-16-5-2-3-8-19(16)17/h2-13H,14H2,1H3/b20-13-. The molecular weight excluding hydrogens is 358 g/mol. The quantitative estimate of drug-likeness (QED) is 0.596. The number of benzene rings is 3. The summed E-state index contributed by atoms with van der Waals surface area (Å²) in [5, 5.41) is 1.90. The summed E-state index contributed by atoms with van der Waals surface area (Å²) in [6.45, 7) is 0.270. The van der Waals surface area contributed by atoms with Crippen molar-refractivity contribution in [2.75, 3.05) is 7.11 Å². The maximum atomic E-state index is 12.8. The Kier molecular flexibility index (Phi) is 4.69. The fourth-order valence-electron chi connectivity index (χ4n) is 3.09. The van der Waals surface area contributed by atoms with Crippen LogP contribution in [0.1, 0.15) is 11.1 Å². The lowest BCUT2D eigenvalue weighted by atomic mass is 10.0. The molecule has 1 saturated heterocycles. The normalized spacial score (nSPS) is 15.7. The van der Waals surface area contributed by atoms with Gasteiger partial charge < -0.3 is 4.74 Å². The van der Waals surface area contributed by atoms with Gasteiger partial charge in [-0.05, 0) is 51.9 Å². The van der Waals surface area contributed by atoms with Crippen LogP contribution >= 0.6 is 11.8 Å². The van der Waals surface area contributed by atoms with Gasteiger partial charge in [-0.3, -0.25) is 14.5 Å². The van der Waals surface area contributed by atoms with E-state index in [9.17, 15) is 9.59 Å². The van der Waals surface area contributed by atoms with E-state index in [1.165, 1.54) is 4.90 Å². The van der Waals surface area contributed by atoms with Gasteiger partial charge in [0.05, 0.1) is 18.6 Å². The van der Waals surface area contributed by atoms with Crippen molar-refractivity contribution in [2.24, 2.45) is 0 Å². The summed E-state index contributed by atoms with van der Waals surface area (Å²) < 4.78 is 5.14. The molecule has 4 rings (SSSR count). The van der Waals surface area contributed by atoms with Gasteiger partial charge in [0.25, 0.3) is 11.1 Å². The average Bonchev–Trinajstić information content (AvgIpc) is 2.96. The van der Waals surface area contributed by atoms with E-state index in [-0.39, 0.29) is 17.7 Å². The van der Waals surface area contributed by atoms with Crippen LogP contribution in [0, 0.1) is 0 Å². The molecular formula is C22H17NO3S. The smallest absolute Gasteiger partial charge is 0.293 e. The zero-order valence-electron chi connectivity index (χ0n) is 14.7. The third-order valence-electron chi connectivity index (χ3n) is 4.50. The van der Waals surface area contributed by atoms with Crippen molar-refractivity contribution >= 4 is 39.8 Å². The van der Waals surface area contributed by atoms with Crippen molar-refractivity contribution in [2.45, 2.75) is 6.54 Å². The zero-order valence-corrected chi connectivity index (χ0v) is 15.5. The number of thioether (sulfide) groups is 1. The molecule has 0 bridgehead atoms. The number of fused-ring (bicyclic) bond motifs is 1. The summed E-state index contributed by atoms with van der Waals surface area (Å²) in [4.78, 5) is 27.0. The summed E-state index contributed by atoms with van der Waals surface area (Å²) in [5.74, 6) is 0.491. The monoisotopic (exact) mass is 375 g/mol. The summed E-state index contributed by atoms with van der Waals surface area (Å²) >= 11 is 0.979. The second-order valence-corrected chi connectivity index (χ2v) is 7.17. The first-order valence-electron chi connectivity index (χ1n) is 8.52. The van der Waals surface area contributed by atoms with Crippen molar-refractivity contribution in [3.05, 3.63) is 82.8 Å². The van der Waals surface area contributed by atoms with E-state index >= 15 is 0 Å². The second kappa shape index (κ2) is 7.29. The van der Waals surface area contributed by atoms with Crippen LogP contribution < -0.4 is 4.74 Å². The van der Waals surface area contributed by atoms with E-state index < -0.39 is 0 Å². The number of imide groups is 1. The summed E-state index contributed by atoms with van der Waals surface area (Å²) in [6.07, 6.45) is 1.74. The van der Waals surface area contributed by atoms with Crippen LogP contribution in [0.25, 0.3) is 16.8 Å². The second-order valence-electron chi connectivity index (χ2n) is 6.18. The first-order chi connectivity index (χ1) is 13.2. The van der Waals surface area contributed by atoms with Gasteiger partial charge in [-0.15, -0.1) is 0 Å². The van der Waals surface area contributed by atoms with Crippen molar-refractivity contribution in [1.29, 1.82) is 0 Å². The molecule has 0 spiro atoms. The molecule has 0 saturated carbocycles. The van der Waals surface area contributed by atoms with Gasteiger partial charge in [0.2, 0.25) is 0 Å². The molecule has 0 radical (unpaired) electrons. The van der Waals surface area contributed by atoms with Crippen LogP contribution in [0.15, 0.2) is 71.6 Å². The van der Waals surface area contributed by atoms with E-state index in [1.54, 1.807) is 13.2 Å². The number of nitrogens with zero attached hydrogens (tertiary/aromatic N) is 1. The molecule has 5 heteroatoms. The number of rotatable bonds is 4. The highest BCUT2D eigenvalue weighted by Crippen LogP contribution is 2.34. The fourth-order valence-corrected chi connectivity index (χ4v) is 3.93. The van der Waals surface area contributed by atoms with Gasteiger partial charge >= 0.3 is 0 Å². The van der Waals surface area contributed by atoms with Crippen molar-refractivity contribution < 1.29 is 14.3 Å². The minimum absolute atomic E-state index is 0.243. The summed E-state index contributed by atoms with van der Waals surface area (Å²) in [7, 11) is 1.60. The first kappa shape index (κ1) is 17.4. The molecule has 1 fully saturated rings. The molecule has 2 amide bonds. The third-order valence-corrected chi connectivity index (χ3v) is 5.40. The maximum absolute atomic E-state index is 12.8. The Bertz CT molecular complexity index is 1050. The molecule has 4 nitrogen and oxygen atoms in total. The lowest BCUT2D eigenvalue weighted by Crippen LogP contribution is -2.27. The van der Waals surface area contributed by atoms with Crippen molar-refractivity contribution in [3.8, 4) is 5.75 Å². The van der Waals surface area contributed by atoms with E-state index in [4.69, 9.17) is 4.74 Å². The Morgan fingerprint density at radius 3 is 2.48 bits per heavy atom. The van der Waals surface area contributed by atoms with Gasteiger partial charge in [0.1, 0.15) is 5.75 Å². The molecule has 0 atom stereocenters. The molecule has 3 aromatic rings. The lowest BCUT2D eigenvalue weighted by Gasteiger charge is -2.14. The minimum atomic E-state index is -0.256. The number of methoxy groups -OCH3 is 1. The first-order valence-corrected chi connectivity index (χ1v) is 9.33. The SMILES string of the molecule is COc1ccc(/C=C2\SC(=O)N(Cc3cccc4ccccc34)C2=O)cc1. The van der Waals surface area contributed by atoms with Crippen LogP contribution in [0.3, 0.4) is 0 Å². The molecule has 1 aliphatic heterocycles. The molecule has 1 aliphatic rings. The van der Waals surface area contributed by atoms with E-state index in [0.717, 1.165) is 39.4 Å². The van der Waals surface area contributed by atoms with Crippen LogP contribution in [0.5, 0.6) is 5.75 Å². The Morgan fingerprint density at radius 1 is 0.963 bits per heavy atom. The van der Waals surface area contributed by atoms with E-state index in [2.05, 4.69) is 0 Å². The molecule has 1 heterocycles. The summed E-state index contributed by atoms with van der Waals surface area (Å²) in [6, 6.07) is 21.3. The minimum Gasteiger partial charge on any atom is -0.497 e. The van der Waals surface area contributed by atoms with Gasteiger partial charge in [-0.1, -0.05) is 54.6 Å². The van der Waals surface area contributed by atoms with Crippen LogP contribution in [-0.4, -0.2) is 23.2 Å². The molecule has 0 aliphatic carbocycles. The maximum Gasteiger partial charge on any atom is 0.293 e. The van der Waals surface area contributed by atoms with Gasteiger partial charge in [0.15, 0.2) is 0 Å². The molecule has 0 unspecified atom stereocenters. The Morgan fingerprint density at radius 2 is 1.70 bits per heavy atom. The summed E-state index contributed by atoms with van der Waals surface area (Å²) in [5.41, 5.74) is 1.81. The molecule has 3 aromatic carbocycles. The van der Waals surface area contributed by atoms with E-state index in [0.29, 0.717) is 4.91 Å². The third kappa shape index (κ3) is 3.46.